The Kier molecular flexibility index (Phi) is 2.82. The van der Waals surface area contributed by atoms with Crippen LogP contribution >= 0.6 is 0 Å². The summed E-state index contributed by atoms with van der Waals surface area (Å²) in [6, 6.07) is 5.99. The quantitative estimate of drug-likeness (QED) is 0.826. The molecule has 0 saturated carbocycles. The number of halogens is 1. The number of hydrogen-bond acceptors (Lipinski definition) is 2. The summed E-state index contributed by atoms with van der Waals surface area (Å²) in [4.78, 5) is 14.3. The van der Waals surface area contributed by atoms with Crippen LogP contribution in [0.3, 0.4) is 0 Å². The summed E-state index contributed by atoms with van der Waals surface area (Å²) < 4.78 is 12.9. The SMILES string of the molecule is O=C(c1ccc(F)cc1)N1C2CCC1CC(O)C2. The number of benzene rings is 1. The van der Waals surface area contributed by atoms with Gasteiger partial charge in [0.25, 0.3) is 5.91 Å². The number of nitrogens with zero attached hydrogens (tertiary/aromatic N) is 1. The number of aliphatic hydroxyl groups excluding tert-OH is 1. The summed E-state index contributed by atoms with van der Waals surface area (Å²) in [5.41, 5.74) is 0.532. The number of aliphatic hydroxyl groups is 1. The van der Waals surface area contributed by atoms with Crippen LogP contribution < -0.4 is 0 Å². The van der Waals surface area contributed by atoms with Gasteiger partial charge < -0.3 is 10.0 Å². The minimum atomic E-state index is -0.330. The monoisotopic (exact) mass is 249 g/mol. The van der Waals surface area contributed by atoms with Gasteiger partial charge in [-0.2, -0.15) is 0 Å². The molecule has 1 aromatic carbocycles. The smallest absolute Gasteiger partial charge is 0.254 e. The number of rotatable bonds is 1. The number of carbonyl (C=O) groups excluding carboxylic acids is 1. The van der Waals surface area contributed by atoms with Crippen molar-refractivity contribution in [3.05, 3.63) is 35.6 Å². The third-order valence-corrected chi connectivity index (χ3v) is 4.03. The molecule has 3 rings (SSSR count). The first-order chi connectivity index (χ1) is 8.65. The van der Waals surface area contributed by atoms with Gasteiger partial charge in [0.15, 0.2) is 0 Å². The molecule has 0 aromatic heterocycles. The molecular weight excluding hydrogens is 233 g/mol. The fraction of sp³-hybridized carbons (Fsp3) is 0.500. The fourth-order valence-electron chi connectivity index (χ4n) is 3.22. The Bertz CT molecular complexity index is 445. The van der Waals surface area contributed by atoms with E-state index in [1.165, 1.54) is 24.3 Å². The molecule has 2 fully saturated rings. The second-order valence-corrected chi connectivity index (χ2v) is 5.23. The van der Waals surface area contributed by atoms with E-state index in [4.69, 9.17) is 0 Å². The summed E-state index contributed by atoms with van der Waals surface area (Å²) in [5.74, 6) is -0.363. The highest BCUT2D eigenvalue weighted by atomic mass is 19.1. The summed E-state index contributed by atoms with van der Waals surface area (Å²) in [6.07, 6.45) is 3.00. The van der Waals surface area contributed by atoms with Gasteiger partial charge in [0.05, 0.1) is 6.10 Å². The maximum atomic E-state index is 12.9. The van der Waals surface area contributed by atoms with Crippen LogP contribution in [-0.2, 0) is 0 Å². The zero-order valence-corrected chi connectivity index (χ0v) is 10.1. The van der Waals surface area contributed by atoms with Crippen LogP contribution in [0.25, 0.3) is 0 Å². The molecule has 2 aliphatic heterocycles. The lowest BCUT2D eigenvalue weighted by molar-refractivity contribution is 0.0287. The Balaban J connectivity index is 1.83. The predicted octanol–water partition coefficient (Wildman–Crippen LogP) is 1.95. The average molecular weight is 249 g/mol. The van der Waals surface area contributed by atoms with Gasteiger partial charge in [0.2, 0.25) is 0 Å². The van der Waals surface area contributed by atoms with Gasteiger partial charge in [-0.15, -0.1) is 0 Å². The van der Waals surface area contributed by atoms with Crippen LogP contribution in [-0.4, -0.2) is 34.1 Å². The van der Waals surface area contributed by atoms with Crippen molar-refractivity contribution in [1.29, 1.82) is 0 Å². The maximum Gasteiger partial charge on any atom is 0.254 e. The van der Waals surface area contributed by atoms with Crippen molar-refractivity contribution in [2.24, 2.45) is 0 Å². The van der Waals surface area contributed by atoms with E-state index < -0.39 is 0 Å². The molecule has 2 heterocycles. The molecule has 2 bridgehead atoms. The Morgan fingerprint density at radius 3 is 2.28 bits per heavy atom. The van der Waals surface area contributed by atoms with Crippen LogP contribution in [0.4, 0.5) is 4.39 Å². The Morgan fingerprint density at radius 2 is 1.72 bits per heavy atom. The van der Waals surface area contributed by atoms with Crippen LogP contribution in [0.1, 0.15) is 36.0 Å². The van der Waals surface area contributed by atoms with Gasteiger partial charge in [-0.25, -0.2) is 4.39 Å². The van der Waals surface area contributed by atoms with Crippen LogP contribution in [0.15, 0.2) is 24.3 Å². The third kappa shape index (κ3) is 1.90. The fourth-order valence-corrected chi connectivity index (χ4v) is 3.22. The molecule has 2 unspecified atom stereocenters. The number of piperidine rings is 1. The molecule has 4 heteroatoms. The number of hydrogen-bond donors (Lipinski definition) is 1. The molecule has 2 atom stereocenters. The number of carbonyl (C=O) groups is 1. The van der Waals surface area contributed by atoms with Gasteiger partial charge in [-0.05, 0) is 49.9 Å². The van der Waals surface area contributed by atoms with E-state index in [1.54, 1.807) is 0 Å². The normalized spacial score (nSPS) is 30.6. The highest BCUT2D eigenvalue weighted by Gasteiger charge is 2.42. The minimum Gasteiger partial charge on any atom is -0.393 e. The molecule has 2 saturated heterocycles. The number of fused-ring (bicyclic) bond motifs is 2. The summed E-state index contributed by atoms with van der Waals surface area (Å²) in [5, 5.41) is 9.71. The maximum absolute atomic E-state index is 12.9. The molecule has 1 amide bonds. The van der Waals surface area contributed by atoms with Crippen molar-refractivity contribution in [1.82, 2.24) is 4.90 Å². The highest BCUT2D eigenvalue weighted by Crippen LogP contribution is 2.36. The Hall–Kier alpha value is -1.42. The Morgan fingerprint density at radius 1 is 1.17 bits per heavy atom. The summed E-state index contributed by atoms with van der Waals surface area (Å²) in [6.45, 7) is 0. The van der Waals surface area contributed by atoms with E-state index in [0.29, 0.717) is 18.4 Å². The molecule has 0 spiro atoms. The average Bonchev–Trinajstić information content (AvgIpc) is 2.62. The van der Waals surface area contributed by atoms with Crippen LogP contribution in [0.2, 0.25) is 0 Å². The topological polar surface area (TPSA) is 40.5 Å². The molecule has 0 aliphatic carbocycles. The summed E-state index contributed by atoms with van der Waals surface area (Å²) >= 11 is 0. The van der Waals surface area contributed by atoms with Gasteiger partial charge >= 0.3 is 0 Å². The van der Waals surface area contributed by atoms with Gasteiger partial charge in [0.1, 0.15) is 5.82 Å². The lowest BCUT2D eigenvalue weighted by Gasteiger charge is -2.37. The van der Waals surface area contributed by atoms with E-state index >= 15 is 0 Å². The second-order valence-electron chi connectivity index (χ2n) is 5.23. The van der Waals surface area contributed by atoms with Crippen molar-refractivity contribution in [2.75, 3.05) is 0 Å². The second kappa shape index (κ2) is 4.35. The molecule has 1 aromatic rings. The van der Waals surface area contributed by atoms with E-state index in [1.807, 2.05) is 4.90 Å². The van der Waals surface area contributed by atoms with Crippen LogP contribution in [0.5, 0.6) is 0 Å². The van der Waals surface area contributed by atoms with E-state index in [2.05, 4.69) is 0 Å². The minimum absolute atomic E-state index is 0.0330. The molecule has 3 nitrogen and oxygen atoms in total. The lowest BCUT2D eigenvalue weighted by atomic mass is 9.99. The van der Waals surface area contributed by atoms with E-state index in [9.17, 15) is 14.3 Å². The standard InChI is InChI=1S/C14H16FNO2/c15-10-3-1-9(2-4-10)14(18)16-11-5-6-12(16)8-13(17)7-11/h1-4,11-13,17H,5-8H2. The highest BCUT2D eigenvalue weighted by molar-refractivity contribution is 5.94. The largest absolute Gasteiger partial charge is 0.393 e. The lowest BCUT2D eigenvalue weighted by Crippen LogP contribution is -2.47. The van der Waals surface area contributed by atoms with Crippen molar-refractivity contribution in [3.63, 3.8) is 0 Å². The summed E-state index contributed by atoms with van der Waals surface area (Å²) in [7, 11) is 0. The first kappa shape index (κ1) is 11.7. The molecule has 96 valence electrons. The molecule has 18 heavy (non-hydrogen) atoms. The predicted molar refractivity (Wildman–Crippen MR) is 64.6 cm³/mol. The van der Waals surface area contributed by atoms with E-state index in [-0.39, 0.29) is 29.9 Å². The molecule has 2 aliphatic rings. The first-order valence-corrected chi connectivity index (χ1v) is 6.41. The van der Waals surface area contributed by atoms with E-state index in [0.717, 1.165) is 12.8 Å². The van der Waals surface area contributed by atoms with Crippen LogP contribution in [0, 0.1) is 5.82 Å². The molecule has 0 radical (unpaired) electrons. The van der Waals surface area contributed by atoms with Crippen molar-refractivity contribution in [2.45, 2.75) is 43.9 Å². The van der Waals surface area contributed by atoms with Crippen molar-refractivity contribution >= 4 is 5.91 Å². The van der Waals surface area contributed by atoms with Gasteiger partial charge in [-0.1, -0.05) is 0 Å². The zero-order valence-electron chi connectivity index (χ0n) is 10.1. The van der Waals surface area contributed by atoms with Crippen molar-refractivity contribution < 1.29 is 14.3 Å². The number of amides is 1. The van der Waals surface area contributed by atoms with Gasteiger partial charge in [-0.3, -0.25) is 4.79 Å². The first-order valence-electron chi connectivity index (χ1n) is 6.41. The molecule has 1 N–H and O–H groups in total. The van der Waals surface area contributed by atoms with Crippen molar-refractivity contribution in [3.8, 4) is 0 Å². The third-order valence-electron chi connectivity index (χ3n) is 4.03. The zero-order chi connectivity index (χ0) is 12.7. The Labute approximate surface area is 105 Å². The molecular formula is C14H16FNO2. The van der Waals surface area contributed by atoms with Gasteiger partial charge in [0, 0.05) is 17.6 Å².